The summed E-state index contributed by atoms with van der Waals surface area (Å²) in [6, 6.07) is 16.1. The molecule has 1 aliphatic rings. The van der Waals surface area contributed by atoms with Crippen LogP contribution in [0.3, 0.4) is 0 Å². The Balaban J connectivity index is 1.42. The van der Waals surface area contributed by atoms with E-state index in [1.54, 1.807) is 12.1 Å². The zero-order chi connectivity index (χ0) is 22.3. The number of primary sulfonamides is 1. The molecule has 0 unspecified atom stereocenters. The van der Waals surface area contributed by atoms with Gasteiger partial charge in [-0.05, 0) is 54.8 Å². The average molecular weight is 442 g/mol. The molecule has 0 bridgehead atoms. The first-order valence-electron chi connectivity index (χ1n) is 10.2. The first kappa shape index (κ1) is 22.7. The number of carbonyl (C=O) groups excluding carboxylic acids is 1. The van der Waals surface area contributed by atoms with Crippen molar-refractivity contribution >= 4 is 21.6 Å². The maximum absolute atomic E-state index is 12.3. The van der Waals surface area contributed by atoms with Gasteiger partial charge in [0, 0.05) is 38.4 Å². The summed E-state index contributed by atoms with van der Waals surface area (Å²) < 4.78 is 22.6. The highest BCUT2D eigenvalue weighted by Crippen LogP contribution is 2.17. The molecule has 164 valence electrons. The molecule has 31 heavy (non-hydrogen) atoms. The van der Waals surface area contributed by atoms with Crippen LogP contribution in [0.4, 0.5) is 5.69 Å². The highest BCUT2D eigenvalue weighted by molar-refractivity contribution is 7.89. The lowest BCUT2D eigenvalue weighted by Crippen LogP contribution is -2.39. The zero-order valence-electron chi connectivity index (χ0n) is 17.3. The van der Waals surface area contributed by atoms with Crippen LogP contribution in [0.2, 0.25) is 0 Å². The molecular weight excluding hydrogens is 414 g/mol. The number of benzene rings is 2. The first-order valence-corrected chi connectivity index (χ1v) is 11.8. The summed E-state index contributed by atoms with van der Waals surface area (Å²) in [6.07, 6.45) is 1.58. The zero-order valence-corrected chi connectivity index (χ0v) is 18.1. The number of amides is 1. The van der Waals surface area contributed by atoms with Crippen molar-refractivity contribution < 1.29 is 13.2 Å². The number of nitriles is 1. The Hall–Kier alpha value is -2.93. The Bertz CT molecular complexity index is 1030. The van der Waals surface area contributed by atoms with E-state index in [0.717, 1.165) is 43.9 Å². The van der Waals surface area contributed by atoms with Crippen molar-refractivity contribution in [2.24, 2.45) is 5.14 Å². The van der Waals surface area contributed by atoms with E-state index in [9.17, 15) is 13.2 Å². The van der Waals surface area contributed by atoms with Gasteiger partial charge in [-0.25, -0.2) is 13.6 Å². The van der Waals surface area contributed by atoms with Crippen molar-refractivity contribution in [3.8, 4) is 6.07 Å². The molecular formula is C22H27N5O3S. The Kier molecular flexibility index (Phi) is 7.63. The van der Waals surface area contributed by atoms with E-state index in [-0.39, 0.29) is 10.8 Å². The fourth-order valence-electron chi connectivity index (χ4n) is 3.59. The van der Waals surface area contributed by atoms with E-state index < -0.39 is 10.0 Å². The fourth-order valence-corrected chi connectivity index (χ4v) is 4.10. The number of anilines is 1. The number of nitrogens with two attached hydrogens (primary N) is 1. The van der Waals surface area contributed by atoms with Crippen molar-refractivity contribution in [1.29, 1.82) is 5.26 Å². The molecule has 1 heterocycles. The average Bonchev–Trinajstić information content (AvgIpc) is 2.99. The molecule has 1 saturated heterocycles. The summed E-state index contributed by atoms with van der Waals surface area (Å²) in [5.74, 6) is -0.0204. The van der Waals surface area contributed by atoms with E-state index in [1.807, 2.05) is 24.3 Å². The van der Waals surface area contributed by atoms with Crippen LogP contribution in [0, 0.1) is 11.3 Å². The van der Waals surface area contributed by atoms with E-state index in [2.05, 4.69) is 21.2 Å². The summed E-state index contributed by atoms with van der Waals surface area (Å²) in [5, 5.41) is 17.0. The summed E-state index contributed by atoms with van der Waals surface area (Å²) in [6.45, 7) is 4.23. The quantitative estimate of drug-likeness (QED) is 0.663. The lowest BCUT2D eigenvalue weighted by molar-refractivity contribution is -0.122. The van der Waals surface area contributed by atoms with Crippen LogP contribution in [0.25, 0.3) is 0 Å². The Morgan fingerprint density at radius 2 is 1.74 bits per heavy atom. The van der Waals surface area contributed by atoms with E-state index in [0.29, 0.717) is 25.1 Å². The minimum Gasteiger partial charge on any atom is -0.370 e. The lowest BCUT2D eigenvalue weighted by Gasteiger charge is -2.23. The Labute approximate surface area is 183 Å². The van der Waals surface area contributed by atoms with Gasteiger partial charge in [-0.2, -0.15) is 5.26 Å². The summed E-state index contributed by atoms with van der Waals surface area (Å²) in [4.78, 5) is 16.8. The van der Waals surface area contributed by atoms with Gasteiger partial charge in [0.15, 0.2) is 0 Å². The predicted molar refractivity (Wildman–Crippen MR) is 119 cm³/mol. The molecule has 2 aromatic rings. The van der Waals surface area contributed by atoms with E-state index in [4.69, 9.17) is 10.4 Å². The summed E-state index contributed by atoms with van der Waals surface area (Å²) in [5.41, 5.74) is 2.68. The molecule has 0 spiro atoms. The smallest absolute Gasteiger partial charge is 0.238 e. The van der Waals surface area contributed by atoms with Crippen LogP contribution in [0.1, 0.15) is 17.5 Å². The minimum absolute atomic E-state index is 0.0204. The number of rotatable bonds is 7. The molecule has 0 aromatic heterocycles. The molecule has 0 aliphatic carbocycles. The van der Waals surface area contributed by atoms with Crippen molar-refractivity contribution in [2.45, 2.75) is 17.7 Å². The van der Waals surface area contributed by atoms with Crippen LogP contribution in [0.5, 0.6) is 0 Å². The monoisotopic (exact) mass is 441 g/mol. The second kappa shape index (κ2) is 10.4. The highest BCUT2D eigenvalue weighted by atomic mass is 32.2. The second-order valence-corrected chi connectivity index (χ2v) is 9.13. The predicted octanol–water partition coefficient (Wildman–Crippen LogP) is 1.08. The lowest BCUT2D eigenvalue weighted by atomic mass is 10.1. The van der Waals surface area contributed by atoms with Crippen LogP contribution < -0.4 is 15.4 Å². The third-order valence-corrected chi connectivity index (χ3v) is 6.23. The number of nitrogens with zero attached hydrogens (tertiary/aromatic N) is 3. The molecule has 1 amide bonds. The normalized spacial score (nSPS) is 15.2. The largest absolute Gasteiger partial charge is 0.370 e. The maximum atomic E-state index is 12.3. The van der Waals surface area contributed by atoms with Gasteiger partial charge in [0.05, 0.1) is 23.1 Å². The van der Waals surface area contributed by atoms with Crippen LogP contribution in [-0.4, -0.2) is 58.5 Å². The van der Waals surface area contributed by atoms with Gasteiger partial charge in [-0.1, -0.05) is 12.1 Å². The van der Waals surface area contributed by atoms with Crippen LogP contribution >= 0.6 is 0 Å². The van der Waals surface area contributed by atoms with Gasteiger partial charge in [0.25, 0.3) is 0 Å². The molecule has 3 N–H and O–H groups in total. The van der Waals surface area contributed by atoms with Crippen LogP contribution in [-0.2, 0) is 21.2 Å². The van der Waals surface area contributed by atoms with Crippen molar-refractivity contribution in [3.63, 3.8) is 0 Å². The van der Waals surface area contributed by atoms with Crippen molar-refractivity contribution in [1.82, 2.24) is 10.2 Å². The third kappa shape index (κ3) is 6.79. The van der Waals surface area contributed by atoms with Gasteiger partial charge in [0.2, 0.25) is 15.9 Å². The molecule has 0 atom stereocenters. The first-order chi connectivity index (χ1) is 14.8. The molecule has 1 aliphatic heterocycles. The Morgan fingerprint density at radius 1 is 1.03 bits per heavy atom. The summed E-state index contributed by atoms with van der Waals surface area (Å²) >= 11 is 0. The fraction of sp³-hybridized carbons (Fsp3) is 0.364. The Morgan fingerprint density at radius 3 is 2.39 bits per heavy atom. The summed E-state index contributed by atoms with van der Waals surface area (Å²) in [7, 11) is -3.69. The maximum Gasteiger partial charge on any atom is 0.238 e. The van der Waals surface area contributed by atoms with Gasteiger partial charge >= 0.3 is 0 Å². The molecule has 8 nitrogen and oxygen atoms in total. The number of sulfonamides is 1. The topological polar surface area (TPSA) is 120 Å². The standard InChI is InChI=1S/C22H27N5O3S/c23-16-19-2-6-20(7-3-19)27-13-1-12-26(14-15-27)17-22(28)25-11-10-18-4-8-21(9-5-18)31(24,29)30/h2-9H,1,10-15,17H2,(H,25,28)(H2,24,29,30). The van der Waals surface area contributed by atoms with Gasteiger partial charge in [0.1, 0.15) is 0 Å². The van der Waals surface area contributed by atoms with Gasteiger partial charge in [-0.3, -0.25) is 9.69 Å². The molecule has 0 radical (unpaired) electrons. The molecule has 3 rings (SSSR count). The minimum atomic E-state index is -3.69. The van der Waals surface area contributed by atoms with Crippen molar-refractivity contribution in [2.75, 3.05) is 44.2 Å². The molecule has 2 aromatic carbocycles. The molecule has 0 saturated carbocycles. The van der Waals surface area contributed by atoms with Gasteiger partial charge in [-0.15, -0.1) is 0 Å². The number of carbonyl (C=O) groups is 1. The van der Waals surface area contributed by atoms with E-state index in [1.165, 1.54) is 12.1 Å². The number of hydrogen-bond acceptors (Lipinski definition) is 6. The number of hydrogen-bond donors (Lipinski definition) is 2. The number of nitrogens with one attached hydrogen (secondary N) is 1. The SMILES string of the molecule is N#Cc1ccc(N2CCCN(CC(=O)NCCc3ccc(S(N)(=O)=O)cc3)CC2)cc1. The van der Waals surface area contributed by atoms with Crippen LogP contribution in [0.15, 0.2) is 53.4 Å². The highest BCUT2D eigenvalue weighted by Gasteiger charge is 2.17. The van der Waals surface area contributed by atoms with Crippen molar-refractivity contribution in [3.05, 3.63) is 59.7 Å². The molecule has 9 heteroatoms. The van der Waals surface area contributed by atoms with E-state index >= 15 is 0 Å². The third-order valence-electron chi connectivity index (χ3n) is 5.31. The van der Waals surface area contributed by atoms with Gasteiger partial charge < -0.3 is 10.2 Å². The molecule has 1 fully saturated rings. The second-order valence-electron chi connectivity index (χ2n) is 7.56.